The molecule has 142 valence electrons. The van der Waals surface area contributed by atoms with Crippen LogP contribution in [0.15, 0.2) is 60.7 Å². The molecular formula is C20H28N2O4. The normalized spacial score (nSPS) is 9.15. The molecule has 0 atom stereocenters. The number of benzene rings is 2. The van der Waals surface area contributed by atoms with Gasteiger partial charge in [0.2, 0.25) is 0 Å². The molecule has 2 aromatic carbocycles. The molecule has 0 aliphatic carbocycles. The molecule has 2 rings (SSSR count). The molecule has 0 aliphatic rings. The van der Waals surface area contributed by atoms with Crippen molar-refractivity contribution in [3.8, 4) is 0 Å². The van der Waals surface area contributed by atoms with Crippen molar-refractivity contribution in [3.05, 3.63) is 71.8 Å². The van der Waals surface area contributed by atoms with Crippen molar-refractivity contribution in [2.75, 3.05) is 13.1 Å². The number of aliphatic carboxylic acids is 2. The van der Waals surface area contributed by atoms with Crippen molar-refractivity contribution >= 4 is 11.9 Å². The maximum Gasteiger partial charge on any atom is 0.300 e. The fourth-order valence-corrected chi connectivity index (χ4v) is 1.83. The summed E-state index contributed by atoms with van der Waals surface area (Å²) in [7, 11) is 0. The van der Waals surface area contributed by atoms with Crippen LogP contribution >= 0.6 is 0 Å². The summed E-state index contributed by atoms with van der Waals surface area (Å²) < 4.78 is 0. The van der Waals surface area contributed by atoms with Crippen LogP contribution in [0.2, 0.25) is 0 Å². The number of carboxylic acids is 2. The molecule has 0 radical (unpaired) electrons. The Morgan fingerprint density at radius 2 is 0.962 bits per heavy atom. The molecule has 26 heavy (non-hydrogen) atoms. The zero-order valence-corrected chi connectivity index (χ0v) is 15.3. The lowest BCUT2D eigenvalue weighted by molar-refractivity contribution is -0.135. The van der Waals surface area contributed by atoms with Gasteiger partial charge in [-0.1, -0.05) is 60.7 Å². The molecule has 0 aliphatic heterocycles. The van der Waals surface area contributed by atoms with Crippen molar-refractivity contribution < 1.29 is 19.8 Å². The van der Waals surface area contributed by atoms with Crippen LogP contribution in [0.4, 0.5) is 0 Å². The van der Waals surface area contributed by atoms with Crippen molar-refractivity contribution in [3.63, 3.8) is 0 Å². The molecule has 0 heterocycles. The van der Waals surface area contributed by atoms with Crippen molar-refractivity contribution in [2.24, 2.45) is 0 Å². The van der Waals surface area contributed by atoms with Crippen molar-refractivity contribution in [1.82, 2.24) is 10.6 Å². The molecule has 4 N–H and O–H groups in total. The molecule has 6 heteroatoms. The highest BCUT2D eigenvalue weighted by atomic mass is 16.4. The maximum atomic E-state index is 9.00. The standard InChI is InChI=1S/C16H20N2.2C2H4O2/c1-3-7-15(8-4-1)13-17-11-12-18-14-16-9-5-2-6-10-16;2*1-2(3)4/h1-10,17-18H,11-14H2;2*1H3,(H,3,4). The van der Waals surface area contributed by atoms with Gasteiger partial charge in [0.15, 0.2) is 0 Å². The van der Waals surface area contributed by atoms with Gasteiger partial charge in [-0.2, -0.15) is 0 Å². The van der Waals surface area contributed by atoms with E-state index >= 15 is 0 Å². The van der Waals surface area contributed by atoms with Crippen LogP contribution in [-0.4, -0.2) is 35.2 Å². The molecule has 0 saturated carbocycles. The third-order valence-electron chi connectivity index (χ3n) is 2.82. The van der Waals surface area contributed by atoms with Crippen LogP contribution in [0, 0.1) is 0 Å². The summed E-state index contributed by atoms with van der Waals surface area (Å²) in [4.78, 5) is 18.0. The highest BCUT2D eigenvalue weighted by Gasteiger charge is 1.92. The van der Waals surface area contributed by atoms with E-state index in [9.17, 15) is 0 Å². The molecule has 0 fully saturated rings. The second-order valence-corrected chi connectivity index (χ2v) is 5.36. The lowest BCUT2D eigenvalue weighted by Crippen LogP contribution is -2.26. The molecule has 0 unspecified atom stereocenters. The molecule has 0 amide bonds. The smallest absolute Gasteiger partial charge is 0.300 e. The van der Waals surface area contributed by atoms with Gasteiger partial charge in [0, 0.05) is 40.0 Å². The second-order valence-electron chi connectivity index (χ2n) is 5.36. The van der Waals surface area contributed by atoms with Gasteiger partial charge in [-0.05, 0) is 11.1 Å². The van der Waals surface area contributed by atoms with E-state index in [1.54, 1.807) is 0 Å². The van der Waals surface area contributed by atoms with Gasteiger partial charge in [0.25, 0.3) is 11.9 Å². The number of carbonyl (C=O) groups is 2. The third kappa shape index (κ3) is 17.7. The molecule has 2 aromatic rings. The zero-order valence-electron chi connectivity index (χ0n) is 15.3. The minimum absolute atomic E-state index is 0.833. The maximum absolute atomic E-state index is 9.00. The van der Waals surface area contributed by atoms with Crippen LogP contribution in [0.25, 0.3) is 0 Å². The first kappa shape index (κ1) is 23.3. The number of rotatable bonds is 7. The van der Waals surface area contributed by atoms with Crippen LogP contribution in [0.5, 0.6) is 0 Å². The van der Waals surface area contributed by atoms with Crippen LogP contribution in [0.1, 0.15) is 25.0 Å². The van der Waals surface area contributed by atoms with Gasteiger partial charge in [-0.3, -0.25) is 9.59 Å². The summed E-state index contributed by atoms with van der Waals surface area (Å²) in [6.45, 7) is 6.02. The van der Waals surface area contributed by atoms with Crippen LogP contribution < -0.4 is 10.6 Å². The monoisotopic (exact) mass is 360 g/mol. The lowest BCUT2D eigenvalue weighted by Gasteiger charge is -2.06. The minimum atomic E-state index is -0.833. The predicted octanol–water partition coefficient (Wildman–Crippen LogP) is 2.75. The average molecular weight is 360 g/mol. The van der Waals surface area contributed by atoms with E-state index in [2.05, 4.69) is 59.2 Å². The molecule has 0 spiro atoms. The topological polar surface area (TPSA) is 98.7 Å². The largest absolute Gasteiger partial charge is 0.481 e. The predicted molar refractivity (Wildman–Crippen MR) is 103 cm³/mol. The van der Waals surface area contributed by atoms with Gasteiger partial charge in [-0.25, -0.2) is 0 Å². The molecule has 6 nitrogen and oxygen atoms in total. The first-order valence-electron chi connectivity index (χ1n) is 8.30. The summed E-state index contributed by atoms with van der Waals surface area (Å²) in [5.41, 5.74) is 2.67. The Morgan fingerprint density at radius 3 is 1.23 bits per heavy atom. The van der Waals surface area contributed by atoms with Crippen LogP contribution in [-0.2, 0) is 22.7 Å². The Balaban J connectivity index is 0.000000662. The van der Waals surface area contributed by atoms with Gasteiger partial charge in [-0.15, -0.1) is 0 Å². The van der Waals surface area contributed by atoms with E-state index in [4.69, 9.17) is 19.8 Å². The average Bonchev–Trinajstić information content (AvgIpc) is 2.59. The zero-order chi connectivity index (χ0) is 19.6. The first-order chi connectivity index (χ1) is 12.4. The molecule has 0 saturated heterocycles. The van der Waals surface area contributed by atoms with E-state index in [1.165, 1.54) is 11.1 Å². The quantitative estimate of drug-likeness (QED) is 0.567. The van der Waals surface area contributed by atoms with Crippen molar-refractivity contribution in [2.45, 2.75) is 26.9 Å². The molecular weight excluding hydrogens is 332 g/mol. The Kier molecular flexibility index (Phi) is 14.2. The van der Waals surface area contributed by atoms with Gasteiger partial charge >= 0.3 is 0 Å². The van der Waals surface area contributed by atoms with Crippen molar-refractivity contribution in [1.29, 1.82) is 0 Å². The lowest BCUT2D eigenvalue weighted by atomic mass is 10.2. The van der Waals surface area contributed by atoms with Gasteiger partial charge in [0.05, 0.1) is 0 Å². The van der Waals surface area contributed by atoms with E-state index < -0.39 is 11.9 Å². The number of hydrogen-bond acceptors (Lipinski definition) is 4. The highest BCUT2D eigenvalue weighted by Crippen LogP contribution is 1.97. The summed E-state index contributed by atoms with van der Waals surface area (Å²) in [5, 5.41) is 21.7. The fraction of sp³-hybridized carbons (Fsp3) is 0.300. The van der Waals surface area contributed by atoms with Gasteiger partial charge < -0.3 is 20.8 Å². The molecule has 0 aromatic heterocycles. The Hall–Kier alpha value is -2.70. The fourth-order valence-electron chi connectivity index (χ4n) is 1.83. The second kappa shape index (κ2) is 15.8. The van der Waals surface area contributed by atoms with E-state index in [-0.39, 0.29) is 0 Å². The Morgan fingerprint density at radius 1 is 0.692 bits per heavy atom. The van der Waals surface area contributed by atoms with E-state index in [0.717, 1.165) is 40.0 Å². The summed E-state index contributed by atoms with van der Waals surface area (Å²) >= 11 is 0. The summed E-state index contributed by atoms with van der Waals surface area (Å²) in [6.07, 6.45) is 0. The summed E-state index contributed by atoms with van der Waals surface area (Å²) in [5.74, 6) is -1.67. The van der Waals surface area contributed by atoms with E-state index in [1.807, 2.05) is 12.1 Å². The van der Waals surface area contributed by atoms with Crippen LogP contribution in [0.3, 0.4) is 0 Å². The number of nitrogens with one attached hydrogen (secondary N) is 2. The minimum Gasteiger partial charge on any atom is -0.481 e. The SMILES string of the molecule is CC(=O)O.CC(=O)O.c1ccc(CNCCNCc2ccccc2)cc1. The Labute approximate surface area is 154 Å². The van der Waals surface area contributed by atoms with E-state index in [0.29, 0.717) is 0 Å². The third-order valence-corrected chi connectivity index (χ3v) is 2.82. The molecule has 0 bridgehead atoms. The number of carboxylic acid groups (broad SMARTS) is 2. The highest BCUT2D eigenvalue weighted by molar-refractivity contribution is 5.63. The van der Waals surface area contributed by atoms with Gasteiger partial charge in [0.1, 0.15) is 0 Å². The number of hydrogen-bond donors (Lipinski definition) is 4. The Bertz CT molecular complexity index is 540. The summed E-state index contributed by atoms with van der Waals surface area (Å²) in [6, 6.07) is 21.0. The first-order valence-corrected chi connectivity index (χ1v) is 8.30.